The van der Waals surface area contributed by atoms with Gasteiger partial charge in [0.1, 0.15) is 0 Å². The van der Waals surface area contributed by atoms with Crippen LogP contribution in [0.4, 0.5) is 5.69 Å². The normalized spacial score (nSPS) is 10.7. The lowest BCUT2D eigenvalue weighted by Crippen LogP contribution is -1.95. The molecule has 5 heteroatoms. The standard InChI is InChI=1S/C16H13NO3S/c1-21-14-9-6-13(7-10-14)16(18)11-8-12-4-2-3-5-15(12)17(19)20/h2-11H,1H3/b11-8+. The molecule has 2 rings (SSSR count). The highest BCUT2D eigenvalue weighted by atomic mass is 32.2. The van der Waals surface area contributed by atoms with E-state index < -0.39 is 4.92 Å². The molecule has 106 valence electrons. The van der Waals surface area contributed by atoms with Crippen LogP contribution >= 0.6 is 11.8 Å². The Labute approximate surface area is 126 Å². The van der Waals surface area contributed by atoms with E-state index in [2.05, 4.69) is 0 Å². The highest BCUT2D eigenvalue weighted by Gasteiger charge is 2.10. The van der Waals surface area contributed by atoms with Gasteiger partial charge in [0.25, 0.3) is 5.69 Å². The van der Waals surface area contributed by atoms with Crippen LogP contribution in [0.5, 0.6) is 0 Å². The summed E-state index contributed by atoms with van der Waals surface area (Å²) in [4.78, 5) is 23.5. The topological polar surface area (TPSA) is 60.2 Å². The third-order valence-electron chi connectivity index (χ3n) is 2.92. The van der Waals surface area contributed by atoms with Gasteiger partial charge < -0.3 is 0 Å². The Balaban J connectivity index is 2.20. The minimum absolute atomic E-state index is 0.0146. The number of ketones is 1. The van der Waals surface area contributed by atoms with Crippen LogP contribution < -0.4 is 0 Å². The van der Waals surface area contributed by atoms with Gasteiger partial charge in [-0.3, -0.25) is 14.9 Å². The second-order valence-corrected chi connectivity index (χ2v) is 5.12. The molecule has 0 saturated heterocycles. The molecular formula is C16H13NO3S. The number of nitrogens with zero attached hydrogens (tertiary/aromatic N) is 1. The summed E-state index contributed by atoms with van der Waals surface area (Å²) >= 11 is 1.60. The number of thioether (sulfide) groups is 1. The van der Waals surface area contributed by atoms with Crippen molar-refractivity contribution in [3.05, 3.63) is 75.8 Å². The fourth-order valence-electron chi connectivity index (χ4n) is 1.81. The second kappa shape index (κ2) is 6.85. The number of rotatable bonds is 5. The molecule has 0 aliphatic carbocycles. The van der Waals surface area contributed by atoms with Crippen molar-refractivity contribution in [2.24, 2.45) is 0 Å². The molecular weight excluding hydrogens is 286 g/mol. The molecule has 0 aliphatic rings. The smallest absolute Gasteiger partial charge is 0.276 e. The van der Waals surface area contributed by atoms with Crippen molar-refractivity contribution in [2.75, 3.05) is 6.26 Å². The summed E-state index contributed by atoms with van der Waals surface area (Å²) in [6, 6.07) is 13.6. The van der Waals surface area contributed by atoms with Gasteiger partial charge in [0.15, 0.2) is 5.78 Å². The molecule has 0 fully saturated rings. The molecule has 0 spiro atoms. The predicted octanol–water partition coefficient (Wildman–Crippen LogP) is 4.21. The van der Waals surface area contributed by atoms with Crippen molar-refractivity contribution in [2.45, 2.75) is 4.90 Å². The first-order chi connectivity index (χ1) is 10.1. The molecule has 0 amide bonds. The third kappa shape index (κ3) is 3.79. The number of nitro benzene ring substituents is 1. The maximum absolute atomic E-state index is 12.0. The minimum atomic E-state index is -0.461. The Morgan fingerprint density at radius 1 is 1.14 bits per heavy atom. The Bertz CT molecular complexity index is 693. The van der Waals surface area contributed by atoms with E-state index in [1.807, 2.05) is 18.4 Å². The van der Waals surface area contributed by atoms with Gasteiger partial charge in [0.2, 0.25) is 0 Å². The summed E-state index contributed by atoms with van der Waals surface area (Å²) in [5, 5.41) is 10.9. The predicted molar refractivity (Wildman–Crippen MR) is 84.7 cm³/mol. The van der Waals surface area contributed by atoms with E-state index in [1.165, 1.54) is 18.2 Å². The Morgan fingerprint density at radius 2 is 1.81 bits per heavy atom. The Hall–Kier alpha value is -2.40. The quantitative estimate of drug-likeness (QED) is 0.273. The van der Waals surface area contributed by atoms with Gasteiger partial charge in [-0.2, -0.15) is 0 Å². The van der Waals surface area contributed by atoms with E-state index in [0.717, 1.165) is 4.90 Å². The van der Waals surface area contributed by atoms with Crippen molar-refractivity contribution in [3.63, 3.8) is 0 Å². The third-order valence-corrected chi connectivity index (χ3v) is 3.67. The molecule has 0 aromatic heterocycles. The molecule has 0 atom stereocenters. The van der Waals surface area contributed by atoms with Gasteiger partial charge in [-0.15, -0.1) is 11.8 Å². The monoisotopic (exact) mass is 299 g/mol. The summed E-state index contributed by atoms with van der Waals surface area (Å²) in [5.41, 5.74) is 0.957. The summed E-state index contributed by atoms with van der Waals surface area (Å²) in [6.07, 6.45) is 4.80. The zero-order valence-corrected chi connectivity index (χ0v) is 12.2. The fourth-order valence-corrected chi connectivity index (χ4v) is 2.22. The summed E-state index contributed by atoms with van der Waals surface area (Å²) in [7, 11) is 0. The van der Waals surface area contributed by atoms with Crippen molar-refractivity contribution in [3.8, 4) is 0 Å². The Morgan fingerprint density at radius 3 is 2.43 bits per heavy atom. The number of allylic oxidation sites excluding steroid dienone is 1. The number of hydrogen-bond acceptors (Lipinski definition) is 4. The number of nitro groups is 1. The van der Waals surface area contributed by atoms with Crippen LogP contribution in [0.25, 0.3) is 6.08 Å². The highest BCUT2D eigenvalue weighted by Crippen LogP contribution is 2.20. The van der Waals surface area contributed by atoms with E-state index >= 15 is 0 Å². The van der Waals surface area contributed by atoms with Crippen LogP contribution in [-0.4, -0.2) is 17.0 Å². The first-order valence-corrected chi connectivity index (χ1v) is 7.44. The molecule has 2 aromatic carbocycles. The fraction of sp³-hybridized carbons (Fsp3) is 0.0625. The SMILES string of the molecule is CSc1ccc(C(=O)/C=C/c2ccccc2[N+](=O)[O-])cc1. The van der Waals surface area contributed by atoms with Crippen LogP contribution in [0, 0.1) is 10.1 Å². The summed E-state index contributed by atoms with van der Waals surface area (Å²) in [5.74, 6) is -0.180. The molecule has 0 N–H and O–H groups in total. The molecule has 0 aliphatic heterocycles. The lowest BCUT2D eigenvalue weighted by Gasteiger charge is -1.99. The van der Waals surface area contributed by atoms with Crippen LogP contribution in [0.2, 0.25) is 0 Å². The zero-order chi connectivity index (χ0) is 15.2. The molecule has 0 radical (unpaired) electrons. The van der Waals surface area contributed by atoms with Crippen molar-refractivity contribution in [1.82, 2.24) is 0 Å². The number of benzene rings is 2. The van der Waals surface area contributed by atoms with E-state index in [9.17, 15) is 14.9 Å². The van der Waals surface area contributed by atoms with Crippen LogP contribution in [-0.2, 0) is 0 Å². The average Bonchev–Trinajstić information content (AvgIpc) is 2.52. The lowest BCUT2D eigenvalue weighted by atomic mass is 10.1. The van der Waals surface area contributed by atoms with Crippen LogP contribution in [0.3, 0.4) is 0 Å². The van der Waals surface area contributed by atoms with E-state index in [0.29, 0.717) is 11.1 Å². The molecule has 4 nitrogen and oxygen atoms in total. The number of carbonyl (C=O) groups excluding carboxylic acids is 1. The number of para-hydroxylation sites is 1. The van der Waals surface area contributed by atoms with E-state index in [-0.39, 0.29) is 11.5 Å². The maximum atomic E-state index is 12.0. The molecule has 21 heavy (non-hydrogen) atoms. The number of carbonyl (C=O) groups is 1. The van der Waals surface area contributed by atoms with Gasteiger partial charge in [-0.25, -0.2) is 0 Å². The highest BCUT2D eigenvalue weighted by molar-refractivity contribution is 7.98. The zero-order valence-electron chi connectivity index (χ0n) is 11.4. The maximum Gasteiger partial charge on any atom is 0.276 e. The van der Waals surface area contributed by atoms with Gasteiger partial charge in [-0.1, -0.05) is 12.1 Å². The first-order valence-electron chi connectivity index (χ1n) is 6.21. The first kappa shape index (κ1) is 15.0. The minimum Gasteiger partial charge on any atom is -0.289 e. The molecule has 0 heterocycles. The average molecular weight is 299 g/mol. The Kier molecular flexibility index (Phi) is 4.90. The molecule has 0 saturated carbocycles. The summed E-state index contributed by atoms with van der Waals surface area (Å²) < 4.78 is 0. The van der Waals surface area contributed by atoms with Gasteiger partial charge in [0, 0.05) is 16.5 Å². The summed E-state index contributed by atoms with van der Waals surface area (Å²) in [6.45, 7) is 0. The van der Waals surface area contributed by atoms with E-state index in [4.69, 9.17) is 0 Å². The molecule has 0 bridgehead atoms. The van der Waals surface area contributed by atoms with Gasteiger partial charge in [0.05, 0.1) is 10.5 Å². The van der Waals surface area contributed by atoms with E-state index in [1.54, 1.807) is 42.1 Å². The number of hydrogen-bond donors (Lipinski definition) is 0. The van der Waals surface area contributed by atoms with Gasteiger partial charge in [-0.05, 0) is 48.7 Å². The van der Waals surface area contributed by atoms with Gasteiger partial charge >= 0.3 is 0 Å². The lowest BCUT2D eigenvalue weighted by molar-refractivity contribution is -0.385. The van der Waals surface area contributed by atoms with Crippen LogP contribution in [0.1, 0.15) is 15.9 Å². The second-order valence-electron chi connectivity index (χ2n) is 4.24. The van der Waals surface area contributed by atoms with Crippen molar-refractivity contribution >= 4 is 29.3 Å². The van der Waals surface area contributed by atoms with Crippen LogP contribution in [0.15, 0.2) is 59.5 Å². The molecule has 0 unspecified atom stereocenters. The van der Waals surface area contributed by atoms with Crippen molar-refractivity contribution < 1.29 is 9.72 Å². The van der Waals surface area contributed by atoms with Crippen molar-refractivity contribution in [1.29, 1.82) is 0 Å². The largest absolute Gasteiger partial charge is 0.289 e. The molecule has 2 aromatic rings.